The molecule has 0 aliphatic heterocycles. The number of hydrogen-bond acceptors (Lipinski definition) is 5. The summed E-state index contributed by atoms with van der Waals surface area (Å²) in [6.45, 7) is 1.29. The van der Waals surface area contributed by atoms with Crippen molar-refractivity contribution in [1.82, 2.24) is 0 Å². The molecule has 0 unspecified atom stereocenters. The first-order chi connectivity index (χ1) is 13.0. The maximum atomic E-state index is 12.6. The van der Waals surface area contributed by atoms with Crippen LogP contribution in [0.4, 0.5) is 25.8 Å². The first kappa shape index (κ1) is 21.6. The molecule has 0 aromatic heterocycles. The second-order valence-electron chi connectivity index (χ2n) is 5.67. The van der Waals surface area contributed by atoms with Gasteiger partial charge in [-0.05, 0) is 42.5 Å². The number of anilines is 3. The van der Waals surface area contributed by atoms with E-state index in [4.69, 9.17) is 0 Å². The van der Waals surface area contributed by atoms with E-state index in [9.17, 15) is 26.8 Å². The van der Waals surface area contributed by atoms with Gasteiger partial charge in [0.25, 0.3) is 11.7 Å². The summed E-state index contributed by atoms with van der Waals surface area (Å²) in [4.78, 5) is 24.2. The zero-order valence-corrected chi connectivity index (χ0v) is 16.5. The third kappa shape index (κ3) is 6.82. The summed E-state index contributed by atoms with van der Waals surface area (Å²) < 4.78 is 50.1. The molecule has 2 aromatic rings. The molecule has 2 amide bonds. The number of rotatable bonds is 7. The Balaban J connectivity index is 2.29. The highest BCUT2D eigenvalue weighted by molar-refractivity contribution is 7.99. The molecule has 2 aromatic carbocycles. The predicted molar refractivity (Wildman–Crippen MR) is 105 cm³/mol. The smallest absolute Gasteiger partial charge is 0.288 e. The summed E-state index contributed by atoms with van der Waals surface area (Å²) >= 11 is 0.376. The fraction of sp³-hybridized carbons (Fsp3) is 0.176. The molecule has 150 valence electrons. The van der Waals surface area contributed by atoms with Crippen LogP contribution in [0.1, 0.15) is 17.3 Å². The summed E-state index contributed by atoms with van der Waals surface area (Å²) in [5, 5.41) is 5.07. The SMILES string of the molecule is CC(=O)Nc1ccc(NS(C)(=O)=O)c(C(=O)Nc2ccc(SC(F)F)cc2)c1. The van der Waals surface area contributed by atoms with Gasteiger partial charge < -0.3 is 10.6 Å². The topological polar surface area (TPSA) is 104 Å². The first-order valence-electron chi connectivity index (χ1n) is 7.79. The quantitative estimate of drug-likeness (QED) is 0.584. The fourth-order valence-electron chi connectivity index (χ4n) is 2.22. The Kier molecular flexibility index (Phi) is 6.97. The molecule has 28 heavy (non-hydrogen) atoms. The number of thioether (sulfide) groups is 1. The van der Waals surface area contributed by atoms with Crippen molar-refractivity contribution in [2.75, 3.05) is 21.6 Å². The molecule has 11 heteroatoms. The predicted octanol–water partition coefficient (Wildman–Crippen LogP) is 3.58. The second-order valence-corrected chi connectivity index (χ2v) is 8.48. The number of nitrogens with one attached hydrogen (secondary N) is 3. The second kappa shape index (κ2) is 9.02. The lowest BCUT2D eigenvalue weighted by molar-refractivity contribution is -0.114. The van der Waals surface area contributed by atoms with Crippen LogP contribution in [-0.4, -0.2) is 32.2 Å². The van der Waals surface area contributed by atoms with Gasteiger partial charge in [0.2, 0.25) is 15.9 Å². The molecule has 0 heterocycles. The van der Waals surface area contributed by atoms with Gasteiger partial charge in [-0.3, -0.25) is 14.3 Å². The van der Waals surface area contributed by atoms with Gasteiger partial charge >= 0.3 is 0 Å². The fourth-order valence-corrected chi connectivity index (χ4v) is 3.30. The number of halogens is 2. The van der Waals surface area contributed by atoms with Crippen molar-refractivity contribution >= 4 is 50.7 Å². The molecule has 7 nitrogen and oxygen atoms in total. The Hall–Kier alpha value is -2.66. The zero-order chi connectivity index (χ0) is 20.9. The number of benzene rings is 2. The molecule has 0 spiro atoms. The maximum absolute atomic E-state index is 12.6. The molecule has 0 saturated heterocycles. The van der Waals surface area contributed by atoms with Crippen LogP contribution in [-0.2, 0) is 14.8 Å². The summed E-state index contributed by atoms with van der Waals surface area (Å²) in [5.41, 5.74) is 0.640. The molecule has 0 aliphatic carbocycles. The third-order valence-corrected chi connectivity index (χ3v) is 4.53. The largest absolute Gasteiger partial charge is 0.326 e. The first-order valence-corrected chi connectivity index (χ1v) is 10.6. The lowest BCUT2D eigenvalue weighted by atomic mass is 10.1. The van der Waals surface area contributed by atoms with Crippen LogP contribution in [0.5, 0.6) is 0 Å². The van der Waals surface area contributed by atoms with Crippen molar-refractivity contribution in [1.29, 1.82) is 0 Å². The molecule has 3 N–H and O–H groups in total. The summed E-state index contributed by atoms with van der Waals surface area (Å²) in [6.07, 6.45) is 0.940. The highest BCUT2D eigenvalue weighted by Crippen LogP contribution is 2.27. The van der Waals surface area contributed by atoms with Gasteiger partial charge in [0.15, 0.2) is 0 Å². The van der Waals surface area contributed by atoms with Crippen LogP contribution >= 0.6 is 11.8 Å². The van der Waals surface area contributed by atoms with Gasteiger partial charge in [0.05, 0.1) is 17.5 Å². The summed E-state index contributed by atoms with van der Waals surface area (Å²) in [6, 6.07) is 9.87. The minimum atomic E-state index is -3.65. The van der Waals surface area contributed by atoms with E-state index < -0.39 is 21.7 Å². The molecular weight excluding hydrogens is 412 g/mol. The number of sulfonamides is 1. The van der Waals surface area contributed by atoms with E-state index in [1.807, 2.05) is 0 Å². The Morgan fingerprint density at radius 3 is 2.14 bits per heavy atom. The standard InChI is InChI=1S/C17H17F2N3O4S2/c1-10(23)20-12-5-8-15(22-28(2,25)26)14(9-12)16(24)21-11-3-6-13(7-4-11)27-17(18)19/h3-9,17,22H,1-2H3,(H,20,23)(H,21,24). The van der Waals surface area contributed by atoms with E-state index in [0.717, 1.165) is 6.26 Å². The number of carbonyl (C=O) groups is 2. The highest BCUT2D eigenvalue weighted by Gasteiger charge is 2.16. The number of carbonyl (C=O) groups excluding carboxylic acids is 2. The van der Waals surface area contributed by atoms with Crippen LogP contribution in [0.25, 0.3) is 0 Å². The van der Waals surface area contributed by atoms with Crippen molar-refractivity contribution in [2.45, 2.75) is 17.6 Å². The molecule has 0 bridgehead atoms. The van der Waals surface area contributed by atoms with Crippen molar-refractivity contribution in [3.8, 4) is 0 Å². The van der Waals surface area contributed by atoms with Crippen LogP contribution in [0.3, 0.4) is 0 Å². The van der Waals surface area contributed by atoms with Gasteiger partial charge in [-0.25, -0.2) is 8.42 Å². The minimum Gasteiger partial charge on any atom is -0.326 e. The number of hydrogen-bond donors (Lipinski definition) is 3. The Labute approximate surface area is 165 Å². The van der Waals surface area contributed by atoms with Crippen molar-refractivity contribution in [3.05, 3.63) is 48.0 Å². The van der Waals surface area contributed by atoms with Gasteiger partial charge in [0.1, 0.15) is 0 Å². The monoisotopic (exact) mass is 429 g/mol. The Morgan fingerprint density at radius 1 is 1.00 bits per heavy atom. The average molecular weight is 429 g/mol. The van der Waals surface area contributed by atoms with Crippen LogP contribution in [0.15, 0.2) is 47.4 Å². The van der Waals surface area contributed by atoms with E-state index >= 15 is 0 Å². The Morgan fingerprint density at radius 2 is 1.61 bits per heavy atom. The molecule has 2 rings (SSSR count). The Bertz CT molecular complexity index is 980. The summed E-state index contributed by atoms with van der Waals surface area (Å²) in [5.74, 6) is -3.56. The minimum absolute atomic E-state index is 0.0253. The van der Waals surface area contributed by atoms with Gasteiger partial charge in [0, 0.05) is 23.2 Å². The van der Waals surface area contributed by atoms with Gasteiger partial charge in [-0.1, -0.05) is 11.8 Å². The molecule has 0 aliphatic rings. The van der Waals surface area contributed by atoms with E-state index in [0.29, 0.717) is 28.0 Å². The summed E-state index contributed by atoms with van der Waals surface area (Å²) in [7, 11) is -3.65. The molecule has 0 saturated carbocycles. The van der Waals surface area contributed by atoms with Crippen molar-refractivity contribution in [2.24, 2.45) is 0 Å². The van der Waals surface area contributed by atoms with E-state index in [2.05, 4.69) is 15.4 Å². The van der Waals surface area contributed by atoms with Crippen molar-refractivity contribution in [3.63, 3.8) is 0 Å². The van der Waals surface area contributed by atoms with Crippen LogP contribution in [0, 0.1) is 0 Å². The number of amides is 2. The van der Waals surface area contributed by atoms with Crippen molar-refractivity contribution < 1.29 is 26.8 Å². The normalized spacial score (nSPS) is 11.2. The zero-order valence-electron chi connectivity index (χ0n) is 14.8. The lowest BCUT2D eigenvalue weighted by Gasteiger charge is -2.13. The van der Waals surface area contributed by atoms with E-state index in [1.165, 1.54) is 49.4 Å². The maximum Gasteiger partial charge on any atom is 0.288 e. The molecular formula is C17H17F2N3O4S2. The highest BCUT2D eigenvalue weighted by atomic mass is 32.2. The molecule has 0 atom stereocenters. The average Bonchev–Trinajstić information content (AvgIpc) is 2.55. The van der Waals surface area contributed by atoms with Crippen LogP contribution in [0.2, 0.25) is 0 Å². The van der Waals surface area contributed by atoms with Gasteiger partial charge in [-0.2, -0.15) is 8.78 Å². The third-order valence-electron chi connectivity index (χ3n) is 3.22. The molecule has 0 radical (unpaired) electrons. The van der Waals surface area contributed by atoms with E-state index in [1.54, 1.807) is 0 Å². The molecule has 0 fully saturated rings. The van der Waals surface area contributed by atoms with E-state index in [-0.39, 0.29) is 17.2 Å². The lowest BCUT2D eigenvalue weighted by Crippen LogP contribution is -2.18. The van der Waals surface area contributed by atoms with Gasteiger partial charge in [-0.15, -0.1) is 0 Å². The number of alkyl halides is 2. The van der Waals surface area contributed by atoms with Crippen LogP contribution < -0.4 is 15.4 Å².